The van der Waals surface area contributed by atoms with Gasteiger partial charge in [-0.05, 0) is 20.3 Å². The highest BCUT2D eigenvalue weighted by atomic mass is 32.1. The molecule has 7 nitrogen and oxygen atoms in total. The third-order valence-corrected chi connectivity index (χ3v) is 5.42. The predicted octanol–water partition coefficient (Wildman–Crippen LogP) is 2.14. The summed E-state index contributed by atoms with van der Waals surface area (Å²) < 4.78 is 25.4. The Kier molecular flexibility index (Phi) is 5.26. The molecule has 0 aliphatic carbocycles. The van der Waals surface area contributed by atoms with Gasteiger partial charge in [0.1, 0.15) is 0 Å². The number of anilines is 1. The number of aliphatic imine (C=N–C) groups is 1. The highest BCUT2D eigenvalue weighted by Crippen LogP contribution is 2.29. The first-order valence-corrected chi connectivity index (χ1v) is 9.05. The Balaban J connectivity index is 1.60. The molecule has 2 aliphatic heterocycles. The molecule has 3 heterocycles. The van der Waals surface area contributed by atoms with Crippen LogP contribution < -0.4 is 10.6 Å². The maximum atomic E-state index is 13.9. The van der Waals surface area contributed by atoms with Gasteiger partial charge in [-0.3, -0.25) is 9.89 Å². The van der Waals surface area contributed by atoms with Gasteiger partial charge in [-0.25, -0.2) is 0 Å². The minimum Gasteiger partial charge on any atom is -0.481 e. The Labute approximate surface area is 150 Å². The van der Waals surface area contributed by atoms with E-state index in [0.717, 1.165) is 13.0 Å². The van der Waals surface area contributed by atoms with Crippen LogP contribution in [0.1, 0.15) is 25.1 Å². The van der Waals surface area contributed by atoms with Gasteiger partial charge in [0.15, 0.2) is 10.9 Å². The van der Waals surface area contributed by atoms with Gasteiger partial charge >= 0.3 is 0 Å². The third-order valence-electron chi connectivity index (χ3n) is 4.39. The highest BCUT2D eigenvalue weighted by molar-refractivity contribution is 7.15. The SMILES string of the molecule is CNc1nc(F)c(CN2C[C@H](OC3(C)C=NC=C(OC)N3)C[C@@H]2C)s1. The van der Waals surface area contributed by atoms with Crippen molar-refractivity contribution in [2.75, 3.05) is 26.0 Å². The molecule has 2 N–H and O–H groups in total. The number of nitrogens with zero attached hydrogens (tertiary/aromatic N) is 3. The molecule has 2 aliphatic rings. The van der Waals surface area contributed by atoms with E-state index in [1.54, 1.807) is 26.6 Å². The second-order valence-corrected chi connectivity index (χ2v) is 7.53. The Bertz CT molecular complexity index is 679. The zero-order valence-electron chi connectivity index (χ0n) is 14.9. The Morgan fingerprint density at radius 1 is 1.56 bits per heavy atom. The molecule has 1 aromatic heterocycles. The smallest absolute Gasteiger partial charge is 0.230 e. The highest BCUT2D eigenvalue weighted by Gasteiger charge is 2.36. The second kappa shape index (κ2) is 7.27. The van der Waals surface area contributed by atoms with Gasteiger partial charge in [0.05, 0.1) is 30.5 Å². The van der Waals surface area contributed by atoms with Crippen LogP contribution in [0, 0.1) is 5.95 Å². The van der Waals surface area contributed by atoms with Crippen molar-refractivity contribution in [1.82, 2.24) is 15.2 Å². The van der Waals surface area contributed by atoms with Crippen molar-refractivity contribution in [3.05, 3.63) is 22.9 Å². The van der Waals surface area contributed by atoms with Gasteiger partial charge in [-0.1, -0.05) is 11.3 Å². The van der Waals surface area contributed by atoms with Crippen LogP contribution in [-0.4, -0.2) is 54.7 Å². The number of thiazole rings is 1. The molecule has 0 spiro atoms. The molecule has 25 heavy (non-hydrogen) atoms. The van der Waals surface area contributed by atoms with E-state index in [2.05, 4.69) is 32.4 Å². The van der Waals surface area contributed by atoms with Gasteiger partial charge < -0.3 is 20.1 Å². The van der Waals surface area contributed by atoms with Crippen molar-refractivity contribution in [2.45, 2.75) is 44.7 Å². The third kappa shape index (κ3) is 4.10. The summed E-state index contributed by atoms with van der Waals surface area (Å²) in [5, 5.41) is 6.66. The summed E-state index contributed by atoms with van der Waals surface area (Å²) in [6.45, 7) is 5.31. The van der Waals surface area contributed by atoms with Crippen LogP contribution in [0.3, 0.4) is 0 Å². The number of hydrogen-bond acceptors (Lipinski definition) is 8. The molecular formula is C16H24FN5O2S. The molecule has 0 bridgehead atoms. The maximum Gasteiger partial charge on any atom is 0.230 e. The Hall–Kier alpha value is -1.71. The number of aromatic nitrogens is 1. The number of ether oxygens (including phenoxy) is 2. The lowest BCUT2D eigenvalue weighted by Crippen LogP contribution is -2.50. The van der Waals surface area contributed by atoms with Crippen molar-refractivity contribution in [3.8, 4) is 0 Å². The Morgan fingerprint density at radius 3 is 3.04 bits per heavy atom. The second-order valence-electron chi connectivity index (χ2n) is 6.44. The molecule has 138 valence electrons. The largest absolute Gasteiger partial charge is 0.481 e. The summed E-state index contributed by atoms with van der Waals surface area (Å²) in [4.78, 5) is 10.9. The van der Waals surface area contributed by atoms with Gasteiger partial charge in [0.25, 0.3) is 0 Å². The first-order valence-electron chi connectivity index (χ1n) is 8.24. The van der Waals surface area contributed by atoms with Gasteiger partial charge in [-0.15, -0.1) is 0 Å². The fraction of sp³-hybridized carbons (Fsp3) is 0.625. The van der Waals surface area contributed by atoms with E-state index in [1.807, 2.05) is 6.92 Å². The summed E-state index contributed by atoms with van der Waals surface area (Å²) in [6, 6.07) is 0.297. The van der Waals surface area contributed by atoms with E-state index < -0.39 is 11.7 Å². The number of nitrogens with one attached hydrogen (secondary N) is 2. The molecular weight excluding hydrogens is 345 g/mol. The van der Waals surface area contributed by atoms with Gasteiger partial charge in [0.2, 0.25) is 11.8 Å². The summed E-state index contributed by atoms with van der Waals surface area (Å²) in [7, 11) is 3.33. The average Bonchev–Trinajstić information content (AvgIpc) is 3.10. The first kappa shape index (κ1) is 18.1. The zero-order valence-corrected chi connectivity index (χ0v) is 15.7. The quantitative estimate of drug-likeness (QED) is 0.801. The minimum atomic E-state index is -0.713. The fourth-order valence-electron chi connectivity index (χ4n) is 3.14. The van der Waals surface area contributed by atoms with Gasteiger partial charge in [-0.2, -0.15) is 9.37 Å². The molecule has 1 aromatic rings. The van der Waals surface area contributed by atoms with Crippen LogP contribution in [0.25, 0.3) is 0 Å². The molecule has 1 unspecified atom stereocenters. The number of likely N-dealkylation sites (tertiary alicyclic amines) is 1. The van der Waals surface area contributed by atoms with E-state index in [4.69, 9.17) is 9.47 Å². The van der Waals surface area contributed by atoms with Crippen LogP contribution >= 0.6 is 11.3 Å². The lowest BCUT2D eigenvalue weighted by atomic mass is 10.2. The van der Waals surface area contributed by atoms with Crippen molar-refractivity contribution in [1.29, 1.82) is 0 Å². The van der Waals surface area contributed by atoms with E-state index in [0.29, 0.717) is 28.5 Å². The lowest BCUT2D eigenvalue weighted by molar-refractivity contribution is -0.0543. The summed E-state index contributed by atoms with van der Waals surface area (Å²) in [5.74, 6) is 0.174. The molecule has 3 atom stereocenters. The molecule has 3 rings (SSSR count). The monoisotopic (exact) mass is 369 g/mol. The normalized spacial score (nSPS) is 29.4. The standard InChI is InChI=1S/C16H24FN5O2S/c1-10-5-11(24-16(2)9-19-6-13(21-16)23-4)7-22(10)8-12-14(17)20-15(18-3)25-12/h6,9-11,21H,5,7-8H2,1-4H3,(H,18,20)/t10-,11+,16?/m0/s1. The molecule has 0 amide bonds. The van der Waals surface area contributed by atoms with Crippen molar-refractivity contribution in [3.63, 3.8) is 0 Å². The average molecular weight is 369 g/mol. The van der Waals surface area contributed by atoms with E-state index in [9.17, 15) is 4.39 Å². The summed E-state index contributed by atoms with van der Waals surface area (Å²) >= 11 is 1.35. The van der Waals surface area contributed by atoms with Crippen molar-refractivity contribution < 1.29 is 13.9 Å². The molecule has 0 radical (unpaired) electrons. The molecule has 0 aromatic carbocycles. The maximum absolute atomic E-state index is 13.9. The van der Waals surface area contributed by atoms with Crippen LogP contribution in [0.2, 0.25) is 0 Å². The van der Waals surface area contributed by atoms with E-state index in [1.165, 1.54) is 11.3 Å². The van der Waals surface area contributed by atoms with Crippen LogP contribution in [0.15, 0.2) is 17.1 Å². The first-order chi connectivity index (χ1) is 11.9. The topological polar surface area (TPSA) is 71.0 Å². The van der Waals surface area contributed by atoms with E-state index >= 15 is 0 Å². The zero-order chi connectivity index (χ0) is 18.0. The molecule has 1 fully saturated rings. The van der Waals surface area contributed by atoms with Crippen LogP contribution in [0.4, 0.5) is 9.52 Å². The molecule has 9 heteroatoms. The lowest BCUT2D eigenvalue weighted by Gasteiger charge is -2.33. The molecule has 1 saturated heterocycles. The Morgan fingerprint density at radius 2 is 2.36 bits per heavy atom. The van der Waals surface area contributed by atoms with Crippen molar-refractivity contribution in [2.24, 2.45) is 4.99 Å². The summed E-state index contributed by atoms with van der Waals surface area (Å²) in [5.41, 5.74) is -0.713. The molecule has 0 saturated carbocycles. The van der Waals surface area contributed by atoms with E-state index in [-0.39, 0.29) is 6.10 Å². The number of halogens is 1. The predicted molar refractivity (Wildman–Crippen MR) is 96.1 cm³/mol. The van der Waals surface area contributed by atoms with Crippen LogP contribution in [-0.2, 0) is 16.0 Å². The number of rotatable bonds is 6. The van der Waals surface area contributed by atoms with Gasteiger partial charge in [0, 0.05) is 26.2 Å². The fourth-order valence-corrected chi connectivity index (χ4v) is 3.96. The van der Waals surface area contributed by atoms with Crippen molar-refractivity contribution >= 4 is 22.7 Å². The summed E-state index contributed by atoms with van der Waals surface area (Å²) in [6.07, 6.45) is 4.23. The minimum absolute atomic E-state index is 0.0231. The number of methoxy groups -OCH3 is 1. The number of hydrogen-bond donors (Lipinski definition) is 2. The van der Waals surface area contributed by atoms with Crippen LogP contribution in [0.5, 0.6) is 0 Å².